The molecule has 1 aromatic heterocycles. The van der Waals surface area contributed by atoms with Gasteiger partial charge in [-0.15, -0.1) is 5.10 Å². The maximum atomic E-state index is 12.5. The van der Waals surface area contributed by atoms with Crippen molar-refractivity contribution in [3.05, 3.63) is 36.2 Å². The second-order valence-corrected chi connectivity index (χ2v) is 6.53. The van der Waals surface area contributed by atoms with Gasteiger partial charge in [0.05, 0.1) is 17.7 Å². The number of aliphatic hydroxyl groups is 1. The molecule has 0 fully saturated rings. The van der Waals surface area contributed by atoms with E-state index in [4.69, 9.17) is 0 Å². The maximum absolute atomic E-state index is 12.5. The second kappa shape index (κ2) is 6.87. The SMILES string of the molecule is CC(C)N(CC(C)(C)O)C(=O)Cc1ccc(-n2cnnn2)cc1. The first-order valence-electron chi connectivity index (χ1n) is 7.60. The minimum atomic E-state index is -0.913. The Labute approximate surface area is 135 Å². The van der Waals surface area contributed by atoms with Gasteiger partial charge in [0.2, 0.25) is 5.91 Å². The summed E-state index contributed by atoms with van der Waals surface area (Å²) < 4.78 is 1.56. The highest BCUT2D eigenvalue weighted by Gasteiger charge is 2.24. The Morgan fingerprint density at radius 2 is 1.96 bits per heavy atom. The van der Waals surface area contributed by atoms with Crippen molar-refractivity contribution in [3.8, 4) is 5.69 Å². The predicted octanol–water partition coefficient (Wildman–Crippen LogP) is 1.21. The van der Waals surface area contributed by atoms with Crippen molar-refractivity contribution in [3.63, 3.8) is 0 Å². The fourth-order valence-electron chi connectivity index (χ4n) is 2.30. The quantitative estimate of drug-likeness (QED) is 0.866. The van der Waals surface area contributed by atoms with Gasteiger partial charge in [-0.05, 0) is 55.8 Å². The molecule has 7 heteroatoms. The molecule has 1 N–H and O–H groups in total. The highest BCUT2D eigenvalue weighted by Crippen LogP contribution is 2.13. The monoisotopic (exact) mass is 317 g/mol. The molecule has 2 aromatic rings. The fourth-order valence-corrected chi connectivity index (χ4v) is 2.30. The van der Waals surface area contributed by atoms with Crippen LogP contribution < -0.4 is 0 Å². The molecular formula is C16H23N5O2. The minimum Gasteiger partial charge on any atom is -0.389 e. The van der Waals surface area contributed by atoms with Crippen molar-refractivity contribution in [2.75, 3.05) is 6.54 Å². The molecule has 2 rings (SSSR count). The van der Waals surface area contributed by atoms with Gasteiger partial charge in [-0.1, -0.05) is 12.1 Å². The third-order valence-electron chi connectivity index (χ3n) is 3.41. The number of nitrogens with zero attached hydrogens (tertiary/aromatic N) is 5. The molecule has 0 radical (unpaired) electrons. The van der Waals surface area contributed by atoms with Crippen LogP contribution in [0.3, 0.4) is 0 Å². The van der Waals surface area contributed by atoms with E-state index in [0.717, 1.165) is 11.3 Å². The van der Waals surface area contributed by atoms with Crippen LogP contribution in [0.25, 0.3) is 5.69 Å². The number of rotatable bonds is 6. The van der Waals surface area contributed by atoms with Crippen LogP contribution >= 0.6 is 0 Å². The lowest BCUT2D eigenvalue weighted by atomic mass is 10.1. The highest BCUT2D eigenvalue weighted by atomic mass is 16.3. The van der Waals surface area contributed by atoms with Crippen LogP contribution in [-0.4, -0.2) is 54.3 Å². The Kier molecular flexibility index (Phi) is 5.10. The van der Waals surface area contributed by atoms with E-state index >= 15 is 0 Å². The van der Waals surface area contributed by atoms with Crippen LogP contribution in [0.4, 0.5) is 0 Å². The Morgan fingerprint density at radius 3 is 2.43 bits per heavy atom. The van der Waals surface area contributed by atoms with Crippen LogP contribution in [0.2, 0.25) is 0 Å². The molecular weight excluding hydrogens is 294 g/mol. The summed E-state index contributed by atoms with van der Waals surface area (Å²) in [4.78, 5) is 14.2. The molecule has 0 aliphatic carbocycles. The molecule has 0 atom stereocenters. The number of amides is 1. The molecule has 124 valence electrons. The summed E-state index contributed by atoms with van der Waals surface area (Å²) in [5.74, 6) is -0.00250. The number of benzene rings is 1. The van der Waals surface area contributed by atoms with Crippen LogP contribution in [0, 0.1) is 0 Å². The Bertz CT molecular complexity index is 629. The number of aromatic nitrogens is 4. The standard InChI is InChI=1S/C16H23N5O2/c1-12(2)20(10-16(3,4)23)15(22)9-13-5-7-14(8-6-13)21-11-17-18-19-21/h5-8,11-12,23H,9-10H2,1-4H3. The molecule has 7 nitrogen and oxygen atoms in total. The molecule has 0 aliphatic heterocycles. The van der Waals surface area contributed by atoms with Gasteiger partial charge in [0.25, 0.3) is 0 Å². The number of carbonyl (C=O) groups is 1. The van der Waals surface area contributed by atoms with E-state index in [1.165, 1.54) is 6.33 Å². The van der Waals surface area contributed by atoms with Crippen LogP contribution in [0.5, 0.6) is 0 Å². The van der Waals surface area contributed by atoms with Crippen LogP contribution in [0.15, 0.2) is 30.6 Å². The second-order valence-electron chi connectivity index (χ2n) is 6.53. The van der Waals surface area contributed by atoms with E-state index in [2.05, 4.69) is 15.5 Å². The van der Waals surface area contributed by atoms with Crippen molar-refractivity contribution >= 4 is 5.91 Å². The van der Waals surface area contributed by atoms with Crippen molar-refractivity contribution < 1.29 is 9.90 Å². The van der Waals surface area contributed by atoms with E-state index in [1.807, 2.05) is 38.1 Å². The molecule has 1 heterocycles. The lowest BCUT2D eigenvalue weighted by Crippen LogP contribution is -2.46. The third-order valence-corrected chi connectivity index (χ3v) is 3.41. The summed E-state index contributed by atoms with van der Waals surface area (Å²) in [5, 5.41) is 21.0. The predicted molar refractivity (Wildman–Crippen MR) is 86.0 cm³/mol. The van der Waals surface area contributed by atoms with Crippen LogP contribution in [-0.2, 0) is 11.2 Å². The molecule has 1 amide bonds. The molecule has 0 saturated carbocycles. The zero-order chi connectivity index (χ0) is 17.0. The first-order chi connectivity index (χ1) is 10.8. The zero-order valence-electron chi connectivity index (χ0n) is 14.0. The number of tetrazole rings is 1. The lowest BCUT2D eigenvalue weighted by Gasteiger charge is -2.32. The van der Waals surface area contributed by atoms with E-state index < -0.39 is 5.60 Å². The molecule has 0 unspecified atom stereocenters. The largest absolute Gasteiger partial charge is 0.389 e. The summed E-state index contributed by atoms with van der Waals surface area (Å²) in [6.07, 6.45) is 1.81. The molecule has 0 saturated heterocycles. The summed E-state index contributed by atoms with van der Waals surface area (Å²) in [6.45, 7) is 7.62. The molecule has 0 spiro atoms. The van der Waals surface area contributed by atoms with Crippen LogP contribution in [0.1, 0.15) is 33.3 Å². The Hall–Kier alpha value is -2.28. The van der Waals surface area contributed by atoms with Gasteiger partial charge in [0, 0.05) is 12.6 Å². The van der Waals surface area contributed by atoms with Gasteiger partial charge in [-0.3, -0.25) is 4.79 Å². The lowest BCUT2D eigenvalue weighted by molar-refractivity contribution is -0.135. The summed E-state index contributed by atoms with van der Waals surface area (Å²) in [6, 6.07) is 7.55. The van der Waals surface area contributed by atoms with Gasteiger partial charge < -0.3 is 10.0 Å². The van der Waals surface area contributed by atoms with Gasteiger partial charge in [-0.25, -0.2) is 4.68 Å². The van der Waals surface area contributed by atoms with Crippen molar-refractivity contribution in [1.29, 1.82) is 0 Å². The first-order valence-corrected chi connectivity index (χ1v) is 7.60. The number of hydrogen-bond acceptors (Lipinski definition) is 5. The third kappa shape index (κ3) is 4.85. The molecule has 23 heavy (non-hydrogen) atoms. The first kappa shape index (κ1) is 17.1. The maximum Gasteiger partial charge on any atom is 0.227 e. The van der Waals surface area contributed by atoms with Crippen molar-refractivity contribution in [2.45, 2.75) is 45.8 Å². The average Bonchev–Trinajstić information content (AvgIpc) is 2.98. The Morgan fingerprint density at radius 1 is 1.30 bits per heavy atom. The van der Waals surface area contributed by atoms with Gasteiger partial charge in [-0.2, -0.15) is 0 Å². The summed E-state index contributed by atoms with van der Waals surface area (Å²) >= 11 is 0. The van der Waals surface area contributed by atoms with Crippen molar-refractivity contribution in [2.24, 2.45) is 0 Å². The van der Waals surface area contributed by atoms with E-state index in [0.29, 0.717) is 13.0 Å². The molecule has 0 bridgehead atoms. The van der Waals surface area contributed by atoms with E-state index in [-0.39, 0.29) is 11.9 Å². The molecule has 0 aliphatic rings. The molecule has 1 aromatic carbocycles. The average molecular weight is 317 g/mol. The highest BCUT2D eigenvalue weighted by molar-refractivity contribution is 5.79. The topological polar surface area (TPSA) is 84.1 Å². The van der Waals surface area contributed by atoms with Gasteiger partial charge in [0.15, 0.2) is 0 Å². The Balaban J connectivity index is 2.06. The van der Waals surface area contributed by atoms with Crippen molar-refractivity contribution in [1.82, 2.24) is 25.1 Å². The smallest absolute Gasteiger partial charge is 0.227 e. The van der Waals surface area contributed by atoms with Gasteiger partial charge in [0.1, 0.15) is 6.33 Å². The van der Waals surface area contributed by atoms with E-state index in [1.54, 1.807) is 23.4 Å². The normalized spacial score (nSPS) is 11.7. The minimum absolute atomic E-state index is 0.00250. The summed E-state index contributed by atoms with van der Waals surface area (Å²) in [5.41, 5.74) is 0.834. The zero-order valence-corrected chi connectivity index (χ0v) is 14.0. The number of hydrogen-bond donors (Lipinski definition) is 1. The van der Waals surface area contributed by atoms with E-state index in [9.17, 15) is 9.90 Å². The fraction of sp³-hybridized carbons (Fsp3) is 0.500. The summed E-state index contributed by atoms with van der Waals surface area (Å²) in [7, 11) is 0. The number of carbonyl (C=O) groups excluding carboxylic acids is 1. The van der Waals surface area contributed by atoms with Gasteiger partial charge >= 0.3 is 0 Å².